The first-order valence-electron chi connectivity index (χ1n) is 4.12. The van der Waals surface area contributed by atoms with Crippen molar-refractivity contribution in [2.24, 2.45) is 0 Å². The van der Waals surface area contributed by atoms with Crippen molar-refractivity contribution in [1.29, 1.82) is 0 Å². The normalized spacial score (nSPS) is 17.5. The van der Waals surface area contributed by atoms with Crippen molar-refractivity contribution in [2.75, 3.05) is 0 Å². The molecule has 0 aromatic carbocycles. The van der Waals surface area contributed by atoms with E-state index < -0.39 is 0 Å². The Bertz CT molecular complexity index is 282. The quantitative estimate of drug-likeness (QED) is 0.583. The van der Waals surface area contributed by atoms with Crippen molar-refractivity contribution in [1.82, 2.24) is 0 Å². The predicted molar refractivity (Wildman–Crippen MR) is 46.8 cm³/mol. The largest absolute Gasteiger partial charge is 0.290 e. The van der Waals surface area contributed by atoms with Crippen LogP contribution in [0.1, 0.15) is 26.7 Å². The van der Waals surface area contributed by atoms with Crippen LogP contribution in [0.25, 0.3) is 0 Å². The Labute approximate surface area is 72.0 Å². The lowest BCUT2D eigenvalue weighted by Crippen LogP contribution is -2.11. The molecule has 0 aliphatic heterocycles. The molecule has 0 atom stereocenters. The molecule has 0 amide bonds. The van der Waals surface area contributed by atoms with Gasteiger partial charge in [0.2, 0.25) is 0 Å². The molecule has 0 bridgehead atoms. The van der Waals surface area contributed by atoms with Crippen molar-refractivity contribution in [3.05, 3.63) is 23.3 Å². The second-order valence-electron chi connectivity index (χ2n) is 2.98. The van der Waals surface area contributed by atoms with Crippen LogP contribution in [0, 0.1) is 0 Å². The molecule has 0 saturated carbocycles. The highest BCUT2D eigenvalue weighted by Crippen LogP contribution is 2.15. The Hall–Kier alpha value is -1.18. The van der Waals surface area contributed by atoms with Crippen LogP contribution in [0.2, 0.25) is 0 Å². The monoisotopic (exact) mass is 164 g/mol. The highest BCUT2D eigenvalue weighted by atomic mass is 16.1. The fraction of sp³-hybridized carbons (Fsp3) is 0.400. The van der Waals surface area contributed by atoms with Crippen molar-refractivity contribution >= 4 is 11.6 Å². The summed E-state index contributed by atoms with van der Waals surface area (Å²) in [6.07, 6.45) is 4.49. The third-order valence-electron chi connectivity index (χ3n) is 1.88. The maximum Gasteiger partial charge on any atom is 0.182 e. The molecule has 0 fully saturated rings. The maximum atomic E-state index is 11.2. The maximum absolute atomic E-state index is 11.2. The molecule has 0 N–H and O–H groups in total. The predicted octanol–water partition coefficient (Wildman–Crippen LogP) is 1.81. The minimum atomic E-state index is -0.0296. The Balaban J connectivity index is 2.85. The van der Waals surface area contributed by atoms with Crippen molar-refractivity contribution < 1.29 is 9.59 Å². The Morgan fingerprint density at radius 3 is 2.42 bits per heavy atom. The highest BCUT2D eigenvalue weighted by Gasteiger charge is 2.15. The minimum Gasteiger partial charge on any atom is -0.290 e. The summed E-state index contributed by atoms with van der Waals surface area (Å²) in [4.78, 5) is 22.4. The topological polar surface area (TPSA) is 34.1 Å². The van der Waals surface area contributed by atoms with E-state index >= 15 is 0 Å². The first-order valence-corrected chi connectivity index (χ1v) is 4.12. The molecule has 1 rings (SSSR count). The highest BCUT2D eigenvalue weighted by molar-refractivity contribution is 6.19. The van der Waals surface area contributed by atoms with E-state index in [4.69, 9.17) is 0 Å². The number of carbonyl (C=O) groups excluding carboxylic acids is 2. The van der Waals surface area contributed by atoms with Crippen LogP contribution < -0.4 is 0 Å². The smallest absolute Gasteiger partial charge is 0.182 e. The molecule has 0 unspecified atom stereocenters. The third kappa shape index (κ3) is 1.70. The van der Waals surface area contributed by atoms with Gasteiger partial charge in [0.25, 0.3) is 0 Å². The molecular weight excluding hydrogens is 152 g/mol. The molecule has 2 heteroatoms. The first kappa shape index (κ1) is 8.91. The van der Waals surface area contributed by atoms with Gasteiger partial charge < -0.3 is 0 Å². The summed E-state index contributed by atoms with van der Waals surface area (Å²) in [5.74, 6) is -0.0352. The van der Waals surface area contributed by atoms with Gasteiger partial charge >= 0.3 is 0 Å². The van der Waals surface area contributed by atoms with Crippen molar-refractivity contribution in [3.63, 3.8) is 0 Å². The molecule has 12 heavy (non-hydrogen) atoms. The van der Waals surface area contributed by atoms with E-state index in [2.05, 4.69) is 0 Å². The fourth-order valence-corrected chi connectivity index (χ4v) is 1.17. The van der Waals surface area contributed by atoms with Gasteiger partial charge in [-0.2, -0.15) is 0 Å². The van der Waals surface area contributed by atoms with Crippen LogP contribution in [0.3, 0.4) is 0 Å². The number of hydrogen-bond donors (Lipinski definition) is 0. The van der Waals surface area contributed by atoms with Gasteiger partial charge in [-0.25, -0.2) is 0 Å². The standard InChI is InChI=1S/C10H12O2/c1-3-4-8-6-9(11)7(2)5-10(8)12/h5-6H,3-4H2,1-2H3. The SMILES string of the molecule is CCCC1=CC(=O)C(C)=CC1=O. The Kier molecular flexibility index (Phi) is 2.58. The van der Waals surface area contributed by atoms with E-state index in [0.717, 1.165) is 6.42 Å². The van der Waals surface area contributed by atoms with Crippen LogP contribution in [0.4, 0.5) is 0 Å². The molecule has 1 aliphatic carbocycles. The summed E-state index contributed by atoms with van der Waals surface area (Å²) >= 11 is 0. The van der Waals surface area contributed by atoms with Crippen molar-refractivity contribution in [3.8, 4) is 0 Å². The summed E-state index contributed by atoms with van der Waals surface area (Å²) in [6, 6.07) is 0. The van der Waals surface area contributed by atoms with E-state index in [1.165, 1.54) is 12.2 Å². The van der Waals surface area contributed by atoms with Gasteiger partial charge in [-0.3, -0.25) is 9.59 Å². The summed E-state index contributed by atoms with van der Waals surface area (Å²) in [5.41, 5.74) is 1.19. The van der Waals surface area contributed by atoms with Gasteiger partial charge in [-0.05, 0) is 25.5 Å². The molecule has 1 aliphatic rings. The van der Waals surface area contributed by atoms with Gasteiger partial charge in [0.15, 0.2) is 11.6 Å². The molecule has 0 heterocycles. The van der Waals surface area contributed by atoms with Crippen LogP contribution >= 0.6 is 0 Å². The zero-order chi connectivity index (χ0) is 9.14. The molecule has 0 aromatic rings. The molecular formula is C10H12O2. The number of carbonyl (C=O) groups is 2. The lowest BCUT2D eigenvalue weighted by atomic mass is 9.95. The molecule has 0 spiro atoms. The van der Waals surface area contributed by atoms with Gasteiger partial charge in [-0.1, -0.05) is 13.3 Å². The molecule has 64 valence electrons. The minimum absolute atomic E-state index is 0.00560. The number of ketones is 2. The fourth-order valence-electron chi connectivity index (χ4n) is 1.17. The second-order valence-corrected chi connectivity index (χ2v) is 2.98. The lowest BCUT2D eigenvalue weighted by molar-refractivity contribution is -0.115. The molecule has 0 radical (unpaired) electrons. The first-order chi connectivity index (χ1) is 5.65. The zero-order valence-electron chi connectivity index (χ0n) is 7.39. The van der Waals surface area contributed by atoms with Crippen LogP contribution in [0.15, 0.2) is 23.3 Å². The molecule has 2 nitrogen and oxygen atoms in total. The molecule has 0 saturated heterocycles. The van der Waals surface area contributed by atoms with Gasteiger partial charge in [0, 0.05) is 11.1 Å². The number of hydrogen-bond acceptors (Lipinski definition) is 2. The average Bonchev–Trinajstić information content (AvgIpc) is 2.01. The van der Waals surface area contributed by atoms with E-state index in [0.29, 0.717) is 17.6 Å². The Morgan fingerprint density at radius 1 is 1.17 bits per heavy atom. The van der Waals surface area contributed by atoms with Crippen molar-refractivity contribution in [2.45, 2.75) is 26.7 Å². The van der Waals surface area contributed by atoms with Crippen LogP contribution in [0.5, 0.6) is 0 Å². The number of allylic oxidation sites excluding steroid dienone is 4. The number of rotatable bonds is 2. The third-order valence-corrected chi connectivity index (χ3v) is 1.88. The summed E-state index contributed by atoms with van der Waals surface area (Å²) < 4.78 is 0. The lowest BCUT2D eigenvalue weighted by Gasteiger charge is -2.07. The summed E-state index contributed by atoms with van der Waals surface area (Å²) in [5, 5.41) is 0. The average molecular weight is 164 g/mol. The molecule has 0 aromatic heterocycles. The van der Waals surface area contributed by atoms with E-state index in [1.807, 2.05) is 6.92 Å². The van der Waals surface area contributed by atoms with Crippen LogP contribution in [-0.2, 0) is 9.59 Å². The van der Waals surface area contributed by atoms with Gasteiger partial charge in [0.05, 0.1) is 0 Å². The summed E-state index contributed by atoms with van der Waals surface area (Å²) in [6.45, 7) is 3.66. The van der Waals surface area contributed by atoms with Crippen LogP contribution in [-0.4, -0.2) is 11.6 Å². The zero-order valence-corrected chi connectivity index (χ0v) is 7.39. The van der Waals surface area contributed by atoms with E-state index in [1.54, 1.807) is 6.92 Å². The van der Waals surface area contributed by atoms with E-state index in [9.17, 15) is 9.59 Å². The van der Waals surface area contributed by atoms with Gasteiger partial charge in [0.1, 0.15) is 0 Å². The van der Waals surface area contributed by atoms with Gasteiger partial charge in [-0.15, -0.1) is 0 Å². The second kappa shape index (κ2) is 3.48. The summed E-state index contributed by atoms with van der Waals surface area (Å²) in [7, 11) is 0. The van der Waals surface area contributed by atoms with E-state index in [-0.39, 0.29) is 11.6 Å². The Morgan fingerprint density at radius 2 is 1.83 bits per heavy atom.